The van der Waals surface area contributed by atoms with Gasteiger partial charge in [-0.3, -0.25) is 4.79 Å². The highest BCUT2D eigenvalue weighted by atomic mass is 35.5. The summed E-state index contributed by atoms with van der Waals surface area (Å²) in [6.45, 7) is 0. The van der Waals surface area contributed by atoms with E-state index in [1.54, 1.807) is 19.4 Å². The number of halogens is 1. The van der Waals surface area contributed by atoms with Crippen LogP contribution < -0.4 is 4.74 Å². The zero-order chi connectivity index (χ0) is 15.5. The average molecular weight is 319 g/mol. The van der Waals surface area contributed by atoms with Crippen molar-refractivity contribution in [2.24, 2.45) is 5.10 Å². The Labute approximate surface area is 133 Å². The minimum absolute atomic E-state index is 0.114. The molecule has 0 saturated heterocycles. The molecule has 0 saturated carbocycles. The average Bonchev–Trinajstić information content (AvgIpc) is 3.23. The smallest absolute Gasteiger partial charge is 0.258 e. The van der Waals surface area contributed by atoms with Gasteiger partial charge in [-0.1, -0.05) is 0 Å². The monoisotopic (exact) mass is 318 g/mol. The quantitative estimate of drug-likeness (QED) is 0.813. The molecule has 6 heteroatoms. The number of rotatable bonds is 4. The molecular formula is C16H15ClN2O3. The first-order valence-electron chi connectivity index (χ1n) is 6.86. The van der Waals surface area contributed by atoms with E-state index in [0.717, 1.165) is 17.0 Å². The summed E-state index contributed by atoms with van der Waals surface area (Å²) in [6, 6.07) is 11.0. The molecule has 1 aliphatic rings. The van der Waals surface area contributed by atoms with E-state index in [1.807, 2.05) is 30.3 Å². The fraction of sp³-hybridized carbons (Fsp3) is 0.250. The molecule has 2 aromatic rings. The second kappa shape index (κ2) is 6.23. The lowest BCUT2D eigenvalue weighted by Gasteiger charge is -2.18. The predicted molar refractivity (Wildman–Crippen MR) is 83.2 cm³/mol. The summed E-state index contributed by atoms with van der Waals surface area (Å²) in [6.07, 6.45) is 2.17. The molecule has 0 bridgehead atoms. The molecule has 22 heavy (non-hydrogen) atoms. The third-order valence-electron chi connectivity index (χ3n) is 3.58. The Hall–Kier alpha value is -2.27. The van der Waals surface area contributed by atoms with Gasteiger partial charge in [-0.2, -0.15) is 5.10 Å². The van der Waals surface area contributed by atoms with E-state index in [-0.39, 0.29) is 17.8 Å². The number of hydrazone groups is 1. The van der Waals surface area contributed by atoms with Crippen LogP contribution in [-0.4, -0.2) is 29.6 Å². The Balaban J connectivity index is 1.90. The zero-order valence-corrected chi connectivity index (χ0v) is 12.8. The molecule has 0 unspecified atom stereocenters. The Morgan fingerprint density at radius 1 is 1.41 bits per heavy atom. The van der Waals surface area contributed by atoms with Crippen LogP contribution in [0.5, 0.6) is 5.75 Å². The van der Waals surface area contributed by atoms with Crippen LogP contribution in [-0.2, 0) is 4.79 Å². The number of benzene rings is 1. The van der Waals surface area contributed by atoms with E-state index in [2.05, 4.69) is 5.10 Å². The molecule has 1 aromatic heterocycles. The number of furan rings is 1. The minimum atomic E-state index is -0.252. The van der Waals surface area contributed by atoms with Crippen molar-refractivity contribution in [3.05, 3.63) is 54.0 Å². The maximum atomic E-state index is 12.0. The van der Waals surface area contributed by atoms with E-state index in [4.69, 9.17) is 20.8 Å². The molecule has 0 N–H and O–H groups in total. The third kappa shape index (κ3) is 2.72. The number of alkyl halides is 1. The molecule has 0 fully saturated rings. The van der Waals surface area contributed by atoms with Gasteiger partial charge in [0.2, 0.25) is 0 Å². The van der Waals surface area contributed by atoms with E-state index in [0.29, 0.717) is 12.2 Å². The first-order chi connectivity index (χ1) is 10.7. The van der Waals surface area contributed by atoms with E-state index in [9.17, 15) is 4.79 Å². The van der Waals surface area contributed by atoms with Crippen LogP contribution in [0.1, 0.15) is 23.8 Å². The predicted octanol–water partition coefficient (Wildman–Crippen LogP) is 3.20. The molecule has 0 radical (unpaired) electrons. The Bertz CT molecular complexity index is 680. The molecule has 1 aromatic carbocycles. The zero-order valence-electron chi connectivity index (χ0n) is 12.0. The number of nitrogens with zero attached hydrogens (tertiary/aromatic N) is 2. The number of amides is 1. The molecule has 1 atom stereocenters. The molecule has 5 nitrogen and oxygen atoms in total. The molecule has 1 aliphatic heterocycles. The number of carbonyl (C=O) groups excluding carboxylic acids is 1. The van der Waals surface area contributed by atoms with Crippen LogP contribution in [0.3, 0.4) is 0 Å². The fourth-order valence-corrected chi connectivity index (χ4v) is 2.58. The summed E-state index contributed by atoms with van der Waals surface area (Å²) in [5, 5.41) is 5.85. The van der Waals surface area contributed by atoms with E-state index < -0.39 is 0 Å². The van der Waals surface area contributed by atoms with Crippen LogP contribution in [0.4, 0.5) is 0 Å². The fourth-order valence-electron chi connectivity index (χ4n) is 2.46. The van der Waals surface area contributed by atoms with Gasteiger partial charge in [-0.15, -0.1) is 11.6 Å². The lowest BCUT2D eigenvalue weighted by molar-refractivity contribution is -0.130. The van der Waals surface area contributed by atoms with Gasteiger partial charge in [0.1, 0.15) is 23.4 Å². The Morgan fingerprint density at radius 3 is 2.77 bits per heavy atom. The lowest BCUT2D eigenvalue weighted by atomic mass is 10.0. The van der Waals surface area contributed by atoms with Gasteiger partial charge in [-0.05, 0) is 42.0 Å². The highest BCUT2D eigenvalue weighted by Crippen LogP contribution is 2.33. The van der Waals surface area contributed by atoms with Crippen molar-refractivity contribution in [1.29, 1.82) is 0 Å². The number of methoxy groups -OCH3 is 1. The summed E-state index contributed by atoms with van der Waals surface area (Å²) in [4.78, 5) is 12.0. The van der Waals surface area contributed by atoms with Gasteiger partial charge >= 0.3 is 0 Å². The number of ether oxygens (including phenoxy) is 1. The van der Waals surface area contributed by atoms with Crippen molar-refractivity contribution in [1.82, 2.24) is 5.01 Å². The largest absolute Gasteiger partial charge is 0.497 e. The van der Waals surface area contributed by atoms with Gasteiger partial charge in [0.25, 0.3) is 5.91 Å². The first kappa shape index (κ1) is 14.7. The summed E-state index contributed by atoms with van der Waals surface area (Å²) in [7, 11) is 1.62. The van der Waals surface area contributed by atoms with Gasteiger partial charge in [0.05, 0.1) is 19.1 Å². The van der Waals surface area contributed by atoms with Crippen molar-refractivity contribution >= 4 is 23.2 Å². The van der Waals surface area contributed by atoms with Crippen molar-refractivity contribution in [2.45, 2.75) is 12.5 Å². The van der Waals surface area contributed by atoms with E-state index >= 15 is 0 Å². The summed E-state index contributed by atoms with van der Waals surface area (Å²) < 4.78 is 10.6. The van der Waals surface area contributed by atoms with Gasteiger partial charge in [-0.25, -0.2) is 5.01 Å². The maximum Gasteiger partial charge on any atom is 0.258 e. The summed E-state index contributed by atoms with van der Waals surface area (Å²) in [5.41, 5.74) is 1.77. The second-order valence-corrected chi connectivity index (χ2v) is 5.15. The van der Waals surface area contributed by atoms with Crippen LogP contribution in [0.2, 0.25) is 0 Å². The Morgan fingerprint density at radius 2 is 2.18 bits per heavy atom. The summed E-state index contributed by atoms with van der Waals surface area (Å²) in [5.74, 6) is 1.12. The number of hydrogen-bond acceptors (Lipinski definition) is 4. The Kier molecular flexibility index (Phi) is 4.15. The molecule has 114 valence electrons. The first-order valence-corrected chi connectivity index (χ1v) is 7.39. The molecule has 3 rings (SSSR count). The molecule has 0 aliphatic carbocycles. The highest BCUT2D eigenvalue weighted by molar-refractivity contribution is 6.27. The minimum Gasteiger partial charge on any atom is -0.497 e. The van der Waals surface area contributed by atoms with Crippen molar-refractivity contribution < 1.29 is 13.9 Å². The van der Waals surface area contributed by atoms with E-state index in [1.165, 1.54) is 5.01 Å². The van der Waals surface area contributed by atoms with Crippen molar-refractivity contribution in [3.8, 4) is 5.75 Å². The lowest BCUT2D eigenvalue weighted by Crippen LogP contribution is -2.27. The SMILES string of the molecule is COc1ccc(C2=NN(C(=O)CCl)[C@@H](c3ccco3)C2)cc1. The van der Waals surface area contributed by atoms with Gasteiger partial charge in [0.15, 0.2) is 0 Å². The second-order valence-electron chi connectivity index (χ2n) is 4.88. The summed E-state index contributed by atoms with van der Waals surface area (Å²) >= 11 is 5.68. The van der Waals surface area contributed by atoms with Gasteiger partial charge < -0.3 is 9.15 Å². The molecule has 0 spiro atoms. The van der Waals surface area contributed by atoms with Crippen LogP contribution in [0.25, 0.3) is 0 Å². The number of carbonyl (C=O) groups is 1. The maximum absolute atomic E-state index is 12.0. The third-order valence-corrected chi connectivity index (χ3v) is 3.80. The molecular weight excluding hydrogens is 304 g/mol. The van der Waals surface area contributed by atoms with Crippen molar-refractivity contribution in [3.63, 3.8) is 0 Å². The molecule has 2 heterocycles. The normalized spacial score (nSPS) is 17.5. The van der Waals surface area contributed by atoms with Crippen LogP contribution in [0, 0.1) is 0 Å². The van der Waals surface area contributed by atoms with Crippen molar-refractivity contribution in [2.75, 3.05) is 13.0 Å². The highest BCUT2D eigenvalue weighted by Gasteiger charge is 2.34. The van der Waals surface area contributed by atoms with Crippen LogP contribution >= 0.6 is 11.6 Å². The topological polar surface area (TPSA) is 55.0 Å². The standard InChI is InChI=1S/C16H15ClN2O3/c1-21-12-6-4-11(5-7-12)13-9-14(15-3-2-8-22-15)19(18-13)16(20)10-17/h2-8,14H,9-10H2,1H3/t14-/m1/s1. The number of hydrogen-bond donors (Lipinski definition) is 0. The van der Waals surface area contributed by atoms with Gasteiger partial charge in [0, 0.05) is 6.42 Å². The molecule has 1 amide bonds. The van der Waals surface area contributed by atoms with Crippen LogP contribution in [0.15, 0.2) is 52.2 Å².